The number of rotatable bonds is 3. The third-order valence-corrected chi connectivity index (χ3v) is 2.32. The molecular formula is C10H11N3O3. The van der Waals surface area contributed by atoms with E-state index in [9.17, 15) is 9.59 Å². The number of amides is 2. The van der Waals surface area contributed by atoms with Gasteiger partial charge in [-0.25, -0.2) is 15.4 Å². The molecular weight excluding hydrogens is 210 g/mol. The predicted molar refractivity (Wildman–Crippen MR) is 54.5 cm³/mol. The fraction of sp³-hybridized carbons (Fsp3) is 0.300. The van der Waals surface area contributed by atoms with Crippen molar-refractivity contribution in [3.63, 3.8) is 0 Å². The van der Waals surface area contributed by atoms with Crippen molar-refractivity contribution >= 4 is 11.8 Å². The number of methoxy groups -OCH3 is 1. The minimum absolute atomic E-state index is 0.180. The number of nitrogens with zero attached hydrogens (tertiary/aromatic N) is 2. The van der Waals surface area contributed by atoms with Gasteiger partial charge in [-0.2, -0.15) is 0 Å². The highest BCUT2D eigenvalue weighted by molar-refractivity contribution is 6.20. The molecule has 0 aliphatic carbocycles. The number of imide groups is 1. The van der Waals surface area contributed by atoms with E-state index in [0.29, 0.717) is 12.2 Å². The van der Waals surface area contributed by atoms with Crippen LogP contribution < -0.4 is 5.43 Å². The van der Waals surface area contributed by atoms with Crippen LogP contribution in [-0.4, -0.2) is 36.0 Å². The molecule has 2 amide bonds. The van der Waals surface area contributed by atoms with Crippen molar-refractivity contribution in [2.24, 2.45) is 0 Å². The number of nitrogens with one attached hydrogen (secondary N) is 1. The Hall–Kier alpha value is -1.79. The molecule has 0 spiro atoms. The van der Waals surface area contributed by atoms with E-state index < -0.39 is 5.91 Å². The van der Waals surface area contributed by atoms with Crippen LogP contribution in [0.15, 0.2) is 12.3 Å². The molecule has 0 aromatic carbocycles. The summed E-state index contributed by atoms with van der Waals surface area (Å²) in [5.41, 5.74) is 3.78. The van der Waals surface area contributed by atoms with Crippen molar-refractivity contribution in [1.29, 1.82) is 0 Å². The Morgan fingerprint density at radius 2 is 2.19 bits per heavy atom. The second-order valence-corrected chi connectivity index (χ2v) is 3.34. The Morgan fingerprint density at radius 3 is 2.81 bits per heavy atom. The van der Waals surface area contributed by atoms with E-state index in [1.54, 1.807) is 13.2 Å². The van der Waals surface area contributed by atoms with Crippen molar-refractivity contribution in [2.75, 3.05) is 14.2 Å². The maximum Gasteiger partial charge on any atom is 0.294 e. The molecule has 84 valence electrons. The van der Waals surface area contributed by atoms with Crippen LogP contribution in [0.4, 0.5) is 0 Å². The molecule has 0 saturated heterocycles. The highest BCUT2D eigenvalue weighted by Crippen LogP contribution is 2.20. The molecule has 0 unspecified atom stereocenters. The number of hydrogen-bond donors (Lipinski definition) is 1. The molecule has 0 atom stereocenters. The van der Waals surface area contributed by atoms with Crippen molar-refractivity contribution < 1.29 is 14.3 Å². The molecule has 1 aliphatic heterocycles. The molecule has 1 aliphatic rings. The van der Waals surface area contributed by atoms with Crippen LogP contribution in [-0.2, 0) is 11.3 Å². The van der Waals surface area contributed by atoms with Crippen LogP contribution in [0.2, 0.25) is 0 Å². The number of hydrazine groups is 1. The molecule has 6 heteroatoms. The summed E-state index contributed by atoms with van der Waals surface area (Å²) in [6, 6.07) is 1.63. The zero-order chi connectivity index (χ0) is 11.7. The second-order valence-electron chi connectivity index (χ2n) is 3.34. The first-order chi connectivity index (χ1) is 7.69. The minimum atomic E-state index is -0.425. The summed E-state index contributed by atoms with van der Waals surface area (Å²) < 4.78 is 4.94. The van der Waals surface area contributed by atoms with Crippen molar-refractivity contribution in [3.8, 4) is 0 Å². The first-order valence-electron chi connectivity index (χ1n) is 4.73. The maximum atomic E-state index is 11.8. The summed E-state index contributed by atoms with van der Waals surface area (Å²) >= 11 is 0. The number of carbonyl (C=O) groups excluding carboxylic acids is 2. The van der Waals surface area contributed by atoms with Gasteiger partial charge in [-0.1, -0.05) is 0 Å². The average molecular weight is 221 g/mol. The maximum absolute atomic E-state index is 11.8. The van der Waals surface area contributed by atoms with E-state index in [4.69, 9.17) is 4.74 Å². The topological polar surface area (TPSA) is 71.5 Å². The van der Waals surface area contributed by atoms with Gasteiger partial charge in [-0.15, -0.1) is 0 Å². The molecule has 1 aromatic rings. The number of aromatic nitrogens is 1. The summed E-state index contributed by atoms with van der Waals surface area (Å²) in [6.07, 6.45) is 1.53. The van der Waals surface area contributed by atoms with Gasteiger partial charge in [-0.3, -0.25) is 9.59 Å². The third-order valence-electron chi connectivity index (χ3n) is 2.32. The smallest absolute Gasteiger partial charge is 0.294 e. The molecule has 2 heterocycles. The van der Waals surface area contributed by atoms with Gasteiger partial charge >= 0.3 is 0 Å². The first kappa shape index (κ1) is 10.7. The first-order valence-corrected chi connectivity index (χ1v) is 4.73. The van der Waals surface area contributed by atoms with Crippen LogP contribution >= 0.6 is 0 Å². The zero-order valence-corrected chi connectivity index (χ0v) is 8.98. The molecule has 0 radical (unpaired) electrons. The van der Waals surface area contributed by atoms with Crippen molar-refractivity contribution in [2.45, 2.75) is 6.61 Å². The highest BCUT2D eigenvalue weighted by Gasteiger charge is 2.36. The van der Waals surface area contributed by atoms with Gasteiger partial charge < -0.3 is 4.74 Å². The monoisotopic (exact) mass is 221 g/mol. The van der Waals surface area contributed by atoms with Crippen molar-refractivity contribution in [3.05, 3.63) is 29.1 Å². The van der Waals surface area contributed by atoms with E-state index in [-0.39, 0.29) is 11.6 Å². The fourth-order valence-electron chi connectivity index (χ4n) is 1.61. The highest BCUT2D eigenvalue weighted by atomic mass is 16.5. The van der Waals surface area contributed by atoms with E-state index in [2.05, 4.69) is 10.4 Å². The van der Waals surface area contributed by atoms with E-state index in [1.807, 2.05) is 0 Å². The lowest BCUT2D eigenvalue weighted by atomic mass is 10.1. The zero-order valence-electron chi connectivity index (χ0n) is 8.98. The van der Waals surface area contributed by atoms with Gasteiger partial charge in [-0.05, 0) is 11.6 Å². The van der Waals surface area contributed by atoms with E-state index >= 15 is 0 Å². The Labute approximate surface area is 92.2 Å². The van der Waals surface area contributed by atoms with Gasteiger partial charge in [0.25, 0.3) is 11.8 Å². The number of fused-ring (bicyclic) bond motifs is 1. The summed E-state index contributed by atoms with van der Waals surface area (Å²) in [5.74, 6) is -0.806. The summed E-state index contributed by atoms with van der Waals surface area (Å²) in [4.78, 5) is 27.4. The van der Waals surface area contributed by atoms with Gasteiger partial charge in [0.1, 0.15) is 5.69 Å². The van der Waals surface area contributed by atoms with Gasteiger partial charge in [0, 0.05) is 20.4 Å². The van der Waals surface area contributed by atoms with E-state index in [0.717, 1.165) is 10.6 Å². The normalized spacial score (nSPS) is 14.5. The Kier molecular flexibility index (Phi) is 2.67. The Bertz CT molecular complexity index is 459. The lowest BCUT2D eigenvalue weighted by Crippen LogP contribution is -2.39. The van der Waals surface area contributed by atoms with Crippen molar-refractivity contribution in [1.82, 2.24) is 15.4 Å². The van der Waals surface area contributed by atoms with Gasteiger partial charge in [0.05, 0.1) is 12.2 Å². The number of ether oxygens (including phenoxy) is 1. The minimum Gasteiger partial charge on any atom is -0.380 e. The number of pyridine rings is 1. The summed E-state index contributed by atoms with van der Waals surface area (Å²) in [7, 11) is 3.07. The number of hydrogen-bond acceptors (Lipinski definition) is 5. The largest absolute Gasteiger partial charge is 0.380 e. The number of carbonyl (C=O) groups is 2. The standard InChI is InChI=1S/C10H11N3O3/c1-11-13-9(14)7-3-6(5-16-2)4-12-8(7)10(13)15/h3-4,11H,5H2,1-2H3. The quantitative estimate of drug-likeness (QED) is 0.725. The molecule has 6 nitrogen and oxygen atoms in total. The van der Waals surface area contributed by atoms with Crippen LogP contribution in [0, 0.1) is 0 Å². The third kappa shape index (κ3) is 1.48. The van der Waals surface area contributed by atoms with Crippen LogP contribution in [0.1, 0.15) is 26.4 Å². The van der Waals surface area contributed by atoms with E-state index in [1.165, 1.54) is 13.2 Å². The molecule has 0 saturated carbocycles. The molecule has 0 fully saturated rings. The van der Waals surface area contributed by atoms with Gasteiger partial charge in [0.15, 0.2) is 0 Å². The lowest BCUT2D eigenvalue weighted by Gasteiger charge is -2.09. The SMILES string of the molecule is CNN1C(=O)c2cc(COC)cnc2C1=O. The van der Waals surface area contributed by atoms with Crippen LogP contribution in [0.5, 0.6) is 0 Å². The average Bonchev–Trinajstić information content (AvgIpc) is 2.52. The van der Waals surface area contributed by atoms with Crippen LogP contribution in [0.3, 0.4) is 0 Å². The molecule has 1 N–H and O–H groups in total. The Morgan fingerprint density at radius 1 is 1.44 bits per heavy atom. The Balaban J connectivity index is 2.43. The molecule has 0 bridgehead atoms. The van der Waals surface area contributed by atoms with Gasteiger partial charge in [0.2, 0.25) is 0 Å². The molecule has 2 rings (SSSR count). The summed E-state index contributed by atoms with van der Waals surface area (Å²) in [5, 5.41) is 0.939. The predicted octanol–water partition coefficient (Wildman–Crippen LogP) is -0.0416. The fourth-order valence-corrected chi connectivity index (χ4v) is 1.61. The molecule has 1 aromatic heterocycles. The van der Waals surface area contributed by atoms with Crippen LogP contribution in [0.25, 0.3) is 0 Å². The second kappa shape index (κ2) is 3.99. The lowest BCUT2D eigenvalue weighted by molar-refractivity contribution is 0.0584. The molecule has 16 heavy (non-hydrogen) atoms. The summed E-state index contributed by atoms with van der Waals surface area (Å²) in [6.45, 7) is 0.362.